The Morgan fingerprint density at radius 2 is 2.00 bits per heavy atom. The summed E-state index contributed by atoms with van der Waals surface area (Å²) in [6, 6.07) is 11.2. The Balaban J connectivity index is 2.10. The van der Waals surface area contributed by atoms with Crippen LogP contribution in [0, 0.1) is 5.92 Å². The van der Waals surface area contributed by atoms with E-state index >= 15 is 0 Å². The maximum atomic E-state index is 12.8. The molecule has 0 amide bonds. The molecule has 1 aliphatic heterocycles. The number of thiophene rings is 1. The summed E-state index contributed by atoms with van der Waals surface area (Å²) in [7, 11) is -3.47. The lowest BCUT2D eigenvalue weighted by atomic mass is 9.96. The van der Waals surface area contributed by atoms with Gasteiger partial charge in [0, 0.05) is 6.54 Å². The Bertz CT molecular complexity index is 739. The highest BCUT2D eigenvalue weighted by Crippen LogP contribution is 2.36. The van der Waals surface area contributed by atoms with Crippen LogP contribution in [0.2, 0.25) is 0 Å². The Hall–Kier alpha value is -0.850. The summed E-state index contributed by atoms with van der Waals surface area (Å²) >= 11 is 4.58. The van der Waals surface area contributed by atoms with Crippen LogP contribution in [0.3, 0.4) is 0 Å². The highest BCUT2D eigenvalue weighted by molar-refractivity contribution is 9.11. The molecule has 20 heavy (non-hydrogen) atoms. The maximum Gasteiger partial charge on any atom is 0.273 e. The van der Waals surface area contributed by atoms with Gasteiger partial charge in [-0.3, -0.25) is 4.31 Å². The van der Waals surface area contributed by atoms with Crippen LogP contribution in [-0.4, -0.2) is 15.0 Å². The van der Waals surface area contributed by atoms with Crippen LogP contribution in [0.25, 0.3) is 0 Å². The molecule has 0 bridgehead atoms. The van der Waals surface area contributed by atoms with Crippen molar-refractivity contribution in [2.24, 2.45) is 5.92 Å². The molecule has 2 aromatic rings. The monoisotopic (exact) mass is 371 g/mol. The van der Waals surface area contributed by atoms with E-state index in [1.54, 1.807) is 16.4 Å². The molecule has 0 aliphatic carbocycles. The van der Waals surface area contributed by atoms with Crippen LogP contribution < -0.4 is 4.31 Å². The summed E-state index contributed by atoms with van der Waals surface area (Å²) in [6.07, 6.45) is 0.927. The molecule has 1 aliphatic rings. The molecule has 0 saturated heterocycles. The van der Waals surface area contributed by atoms with Gasteiger partial charge in [-0.2, -0.15) is 0 Å². The van der Waals surface area contributed by atoms with E-state index in [-0.39, 0.29) is 0 Å². The van der Waals surface area contributed by atoms with Crippen LogP contribution in [0.5, 0.6) is 0 Å². The van der Waals surface area contributed by atoms with E-state index in [0.29, 0.717) is 16.7 Å². The highest BCUT2D eigenvalue weighted by Gasteiger charge is 2.32. The van der Waals surface area contributed by atoms with Crippen LogP contribution in [0.15, 0.2) is 44.4 Å². The van der Waals surface area contributed by atoms with E-state index in [4.69, 9.17) is 0 Å². The van der Waals surface area contributed by atoms with Crippen molar-refractivity contribution < 1.29 is 8.42 Å². The third-order valence-corrected chi connectivity index (χ3v) is 7.27. The lowest BCUT2D eigenvalue weighted by Crippen LogP contribution is -2.38. The van der Waals surface area contributed by atoms with E-state index in [1.807, 2.05) is 24.3 Å². The molecular weight excluding hydrogens is 358 g/mol. The van der Waals surface area contributed by atoms with Crippen molar-refractivity contribution in [2.45, 2.75) is 17.6 Å². The average molecular weight is 372 g/mol. The fraction of sp³-hybridized carbons (Fsp3) is 0.286. The highest BCUT2D eigenvalue weighted by atomic mass is 79.9. The summed E-state index contributed by atoms with van der Waals surface area (Å²) < 4.78 is 28.4. The molecule has 1 atom stereocenters. The second kappa shape index (κ2) is 5.16. The summed E-state index contributed by atoms with van der Waals surface area (Å²) in [5.74, 6) is 0.322. The summed E-state index contributed by atoms with van der Waals surface area (Å²) in [4.78, 5) is 0. The molecule has 106 valence electrons. The van der Waals surface area contributed by atoms with Crippen LogP contribution in [0.1, 0.15) is 12.5 Å². The minimum absolute atomic E-state index is 0.322. The molecule has 0 fully saturated rings. The van der Waals surface area contributed by atoms with Crippen molar-refractivity contribution in [1.29, 1.82) is 0 Å². The van der Waals surface area contributed by atoms with Crippen molar-refractivity contribution in [3.63, 3.8) is 0 Å². The first-order valence-electron chi connectivity index (χ1n) is 6.34. The van der Waals surface area contributed by atoms with Crippen molar-refractivity contribution in [3.8, 4) is 0 Å². The standard InChI is InChI=1S/C14H14BrNO2S2/c1-10-8-11-4-2-3-5-12(11)16(9-10)20(17,18)14-7-6-13(15)19-14/h2-7,10H,8-9H2,1H3. The molecule has 3 nitrogen and oxygen atoms in total. The maximum absolute atomic E-state index is 12.8. The molecule has 1 aromatic heterocycles. The van der Waals surface area contributed by atoms with Gasteiger partial charge in [0.25, 0.3) is 10.0 Å². The number of para-hydroxylation sites is 1. The first-order chi connectivity index (χ1) is 9.48. The van der Waals surface area contributed by atoms with Crippen molar-refractivity contribution in [2.75, 3.05) is 10.8 Å². The Labute approximate surface area is 131 Å². The number of halogens is 1. The summed E-state index contributed by atoms with van der Waals surface area (Å²) in [6.45, 7) is 2.62. The normalized spacial score (nSPS) is 18.9. The van der Waals surface area contributed by atoms with Gasteiger partial charge in [0.15, 0.2) is 0 Å². The number of nitrogens with zero attached hydrogens (tertiary/aromatic N) is 1. The molecule has 2 heterocycles. The fourth-order valence-corrected chi connectivity index (χ4v) is 6.27. The summed E-state index contributed by atoms with van der Waals surface area (Å²) in [5, 5.41) is 0. The van der Waals surface area contributed by atoms with Gasteiger partial charge in [-0.15, -0.1) is 11.3 Å². The smallest absolute Gasteiger partial charge is 0.265 e. The van der Waals surface area contributed by atoms with Gasteiger partial charge < -0.3 is 0 Å². The molecule has 0 N–H and O–H groups in total. The van der Waals surface area contributed by atoms with Gasteiger partial charge in [-0.05, 0) is 52.0 Å². The van der Waals surface area contributed by atoms with Crippen molar-refractivity contribution >= 4 is 43.0 Å². The van der Waals surface area contributed by atoms with Crippen LogP contribution in [0.4, 0.5) is 5.69 Å². The van der Waals surface area contributed by atoms with Gasteiger partial charge in [0.05, 0.1) is 9.47 Å². The Morgan fingerprint density at radius 3 is 2.70 bits per heavy atom. The molecule has 6 heteroatoms. The number of rotatable bonds is 2. The lowest BCUT2D eigenvalue weighted by molar-refractivity contribution is 0.546. The molecule has 0 radical (unpaired) electrons. The number of hydrogen-bond donors (Lipinski definition) is 0. The second-order valence-electron chi connectivity index (χ2n) is 5.03. The second-order valence-corrected chi connectivity index (χ2v) is 9.58. The Morgan fingerprint density at radius 1 is 1.25 bits per heavy atom. The zero-order valence-electron chi connectivity index (χ0n) is 10.9. The minimum atomic E-state index is -3.47. The first kappa shape index (κ1) is 14.1. The number of anilines is 1. The molecule has 0 saturated carbocycles. The zero-order valence-corrected chi connectivity index (χ0v) is 14.1. The first-order valence-corrected chi connectivity index (χ1v) is 9.39. The van der Waals surface area contributed by atoms with E-state index in [0.717, 1.165) is 21.5 Å². The molecular formula is C14H14BrNO2S2. The number of benzene rings is 1. The van der Waals surface area contributed by atoms with Gasteiger partial charge in [0.2, 0.25) is 0 Å². The lowest BCUT2D eigenvalue weighted by Gasteiger charge is -2.33. The number of fused-ring (bicyclic) bond motifs is 1. The largest absolute Gasteiger partial charge is 0.273 e. The fourth-order valence-electron chi connectivity index (χ4n) is 2.52. The SMILES string of the molecule is CC1Cc2ccccc2N(S(=O)(=O)c2ccc(Br)s2)C1. The van der Waals surface area contributed by atoms with Crippen molar-refractivity contribution in [1.82, 2.24) is 0 Å². The third-order valence-electron chi connectivity index (χ3n) is 3.40. The van der Waals surface area contributed by atoms with Gasteiger partial charge >= 0.3 is 0 Å². The topological polar surface area (TPSA) is 37.4 Å². The zero-order chi connectivity index (χ0) is 14.3. The number of sulfonamides is 1. The van der Waals surface area contributed by atoms with E-state index < -0.39 is 10.0 Å². The molecule has 0 spiro atoms. The minimum Gasteiger partial charge on any atom is -0.265 e. The predicted octanol–water partition coefficient (Wildman–Crippen LogP) is 3.90. The quantitative estimate of drug-likeness (QED) is 0.802. The predicted molar refractivity (Wildman–Crippen MR) is 85.9 cm³/mol. The third kappa shape index (κ3) is 2.40. The van der Waals surface area contributed by atoms with E-state index in [2.05, 4.69) is 22.9 Å². The Kier molecular flexibility index (Phi) is 3.64. The number of hydrogen-bond acceptors (Lipinski definition) is 3. The molecule has 1 aromatic carbocycles. The van der Waals surface area contributed by atoms with Crippen molar-refractivity contribution in [3.05, 3.63) is 45.7 Å². The summed E-state index contributed by atoms with van der Waals surface area (Å²) in [5.41, 5.74) is 1.92. The van der Waals surface area contributed by atoms with E-state index in [9.17, 15) is 8.42 Å². The van der Waals surface area contributed by atoms with Crippen LogP contribution in [-0.2, 0) is 16.4 Å². The van der Waals surface area contributed by atoms with Gasteiger partial charge in [0.1, 0.15) is 4.21 Å². The molecule has 1 unspecified atom stereocenters. The van der Waals surface area contributed by atoms with E-state index in [1.165, 1.54) is 11.3 Å². The average Bonchev–Trinajstić information content (AvgIpc) is 2.85. The molecule has 3 rings (SSSR count). The van der Waals surface area contributed by atoms with Gasteiger partial charge in [-0.25, -0.2) is 8.42 Å². The van der Waals surface area contributed by atoms with Crippen LogP contribution >= 0.6 is 27.3 Å². The van der Waals surface area contributed by atoms with Gasteiger partial charge in [-0.1, -0.05) is 25.1 Å².